The fourth-order valence-corrected chi connectivity index (χ4v) is 1.85. The first-order valence-corrected chi connectivity index (χ1v) is 7.02. The van der Waals surface area contributed by atoms with Crippen LogP contribution in [0.2, 0.25) is 0 Å². The van der Waals surface area contributed by atoms with Gasteiger partial charge in [-0.15, -0.1) is 0 Å². The fourth-order valence-electron chi connectivity index (χ4n) is 1.85. The van der Waals surface area contributed by atoms with Gasteiger partial charge in [0.1, 0.15) is 6.04 Å². The van der Waals surface area contributed by atoms with Crippen molar-refractivity contribution in [1.82, 2.24) is 5.32 Å². The van der Waals surface area contributed by atoms with Crippen molar-refractivity contribution < 1.29 is 14.7 Å². The Kier molecular flexibility index (Phi) is 6.15. The lowest BCUT2D eigenvalue weighted by Gasteiger charge is -2.19. The molecule has 0 aliphatic rings. The van der Waals surface area contributed by atoms with Gasteiger partial charge in [0.05, 0.1) is 0 Å². The third-order valence-electron chi connectivity index (χ3n) is 2.81. The summed E-state index contributed by atoms with van der Waals surface area (Å²) in [6.45, 7) is 5.83. The average molecular weight is 289 g/mol. The first kappa shape index (κ1) is 17.0. The van der Waals surface area contributed by atoms with Gasteiger partial charge in [0.2, 0.25) is 5.91 Å². The number of aliphatic carboxylic acids is 1. The van der Waals surface area contributed by atoms with Gasteiger partial charge >= 0.3 is 5.97 Å². The monoisotopic (exact) mass is 289 g/mol. The third-order valence-corrected chi connectivity index (χ3v) is 2.81. The van der Waals surface area contributed by atoms with Gasteiger partial charge in [-0.25, -0.2) is 4.79 Å². The van der Waals surface area contributed by atoms with Crippen LogP contribution in [0.1, 0.15) is 39.2 Å². The predicted molar refractivity (Wildman–Crippen MR) is 83.7 cm³/mol. The van der Waals surface area contributed by atoms with Crippen LogP contribution < -0.4 is 5.32 Å². The number of carbonyl (C=O) groups excluding carboxylic acids is 1. The van der Waals surface area contributed by atoms with Crippen LogP contribution in [0, 0.1) is 5.41 Å². The molecule has 0 radical (unpaired) electrons. The molecule has 4 heteroatoms. The van der Waals surface area contributed by atoms with Crippen molar-refractivity contribution in [3.05, 3.63) is 42.0 Å². The zero-order valence-electron chi connectivity index (χ0n) is 12.8. The molecule has 0 aliphatic heterocycles. The first-order valence-electron chi connectivity index (χ1n) is 7.02. The Morgan fingerprint density at radius 3 is 2.38 bits per heavy atom. The Morgan fingerprint density at radius 2 is 1.86 bits per heavy atom. The van der Waals surface area contributed by atoms with Crippen molar-refractivity contribution in [3.8, 4) is 0 Å². The van der Waals surface area contributed by atoms with Crippen LogP contribution in [-0.2, 0) is 9.59 Å². The van der Waals surface area contributed by atoms with E-state index < -0.39 is 12.0 Å². The highest BCUT2D eigenvalue weighted by atomic mass is 16.4. The van der Waals surface area contributed by atoms with Crippen LogP contribution >= 0.6 is 0 Å². The first-order chi connectivity index (χ1) is 9.78. The molecule has 1 rings (SSSR count). The number of amides is 1. The van der Waals surface area contributed by atoms with E-state index in [1.807, 2.05) is 57.2 Å². The SMILES string of the molecule is CC(C)(C)CC(=O)N[C@@H](C/C=C/c1ccccc1)C(=O)O. The normalized spacial score (nSPS) is 13.1. The van der Waals surface area contributed by atoms with E-state index >= 15 is 0 Å². The van der Waals surface area contributed by atoms with E-state index in [0.29, 0.717) is 6.42 Å². The lowest BCUT2D eigenvalue weighted by Crippen LogP contribution is -2.41. The second kappa shape index (κ2) is 7.62. The molecule has 1 amide bonds. The highest BCUT2D eigenvalue weighted by Gasteiger charge is 2.22. The molecule has 0 bridgehead atoms. The molecule has 21 heavy (non-hydrogen) atoms. The van der Waals surface area contributed by atoms with Crippen molar-refractivity contribution in [2.45, 2.75) is 39.7 Å². The van der Waals surface area contributed by atoms with Gasteiger partial charge in [0, 0.05) is 6.42 Å². The summed E-state index contributed by atoms with van der Waals surface area (Å²) in [5.74, 6) is -1.25. The van der Waals surface area contributed by atoms with Gasteiger partial charge in [-0.1, -0.05) is 63.3 Å². The van der Waals surface area contributed by atoms with Crippen molar-refractivity contribution >= 4 is 18.0 Å². The van der Waals surface area contributed by atoms with E-state index in [4.69, 9.17) is 5.11 Å². The number of hydrogen-bond acceptors (Lipinski definition) is 2. The molecular weight excluding hydrogens is 266 g/mol. The van der Waals surface area contributed by atoms with Crippen LogP contribution in [0.3, 0.4) is 0 Å². The summed E-state index contributed by atoms with van der Waals surface area (Å²) in [6, 6.07) is 8.73. The summed E-state index contributed by atoms with van der Waals surface area (Å²) in [4.78, 5) is 23.0. The quantitative estimate of drug-likeness (QED) is 0.845. The van der Waals surface area contributed by atoms with Crippen molar-refractivity contribution in [1.29, 1.82) is 0 Å². The molecule has 0 saturated heterocycles. The lowest BCUT2D eigenvalue weighted by atomic mass is 9.92. The van der Waals surface area contributed by atoms with Gasteiger partial charge in [0.15, 0.2) is 0 Å². The van der Waals surface area contributed by atoms with Crippen LogP contribution in [0.4, 0.5) is 0 Å². The molecule has 0 aromatic heterocycles. The van der Waals surface area contributed by atoms with Gasteiger partial charge in [-0.3, -0.25) is 4.79 Å². The number of rotatable bonds is 6. The summed E-state index contributed by atoms with van der Waals surface area (Å²) < 4.78 is 0. The predicted octanol–water partition coefficient (Wildman–Crippen LogP) is 3.10. The number of nitrogens with one attached hydrogen (secondary N) is 1. The van der Waals surface area contributed by atoms with Gasteiger partial charge in [-0.05, 0) is 17.4 Å². The molecule has 2 N–H and O–H groups in total. The number of carbonyl (C=O) groups is 2. The Morgan fingerprint density at radius 1 is 1.24 bits per heavy atom. The molecular formula is C17H23NO3. The fraction of sp³-hybridized carbons (Fsp3) is 0.412. The van der Waals surface area contributed by atoms with Crippen LogP contribution in [0.15, 0.2) is 36.4 Å². The highest BCUT2D eigenvalue weighted by molar-refractivity contribution is 5.84. The molecule has 1 aromatic rings. The third kappa shape index (κ3) is 7.30. The van der Waals surface area contributed by atoms with Gasteiger partial charge in [-0.2, -0.15) is 0 Å². The van der Waals surface area contributed by atoms with E-state index in [1.165, 1.54) is 0 Å². The lowest BCUT2D eigenvalue weighted by molar-refractivity contribution is -0.142. The summed E-state index contributed by atoms with van der Waals surface area (Å²) in [5.41, 5.74) is 0.843. The summed E-state index contributed by atoms with van der Waals surface area (Å²) >= 11 is 0. The Labute approximate surface area is 125 Å². The van der Waals surface area contributed by atoms with Gasteiger partial charge < -0.3 is 10.4 Å². The average Bonchev–Trinajstić information content (AvgIpc) is 2.36. The van der Waals surface area contributed by atoms with E-state index in [9.17, 15) is 9.59 Å². The van der Waals surface area contributed by atoms with E-state index in [-0.39, 0.29) is 17.7 Å². The number of carboxylic acid groups (broad SMARTS) is 1. The van der Waals surface area contributed by atoms with E-state index in [2.05, 4.69) is 5.32 Å². The van der Waals surface area contributed by atoms with Crippen LogP contribution in [0.25, 0.3) is 6.08 Å². The zero-order chi connectivity index (χ0) is 15.9. The van der Waals surface area contributed by atoms with Crippen LogP contribution in [0.5, 0.6) is 0 Å². The zero-order valence-corrected chi connectivity index (χ0v) is 12.8. The molecule has 0 heterocycles. The van der Waals surface area contributed by atoms with Crippen LogP contribution in [-0.4, -0.2) is 23.0 Å². The maximum Gasteiger partial charge on any atom is 0.326 e. The minimum Gasteiger partial charge on any atom is -0.480 e. The second-order valence-corrected chi connectivity index (χ2v) is 6.24. The molecule has 0 unspecified atom stereocenters. The Bertz CT molecular complexity index is 501. The topological polar surface area (TPSA) is 66.4 Å². The molecule has 1 aromatic carbocycles. The maximum atomic E-state index is 11.8. The molecule has 0 fully saturated rings. The maximum absolute atomic E-state index is 11.8. The molecule has 0 saturated carbocycles. The Balaban J connectivity index is 2.56. The van der Waals surface area contributed by atoms with Crippen molar-refractivity contribution in [2.75, 3.05) is 0 Å². The number of benzene rings is 1. The van der Waals surface area contributed by atoms with Gasteiger partial charge in [0.25, 0.3) is 0 Å². The summed E-state index contributed by atoms with van der Waals surface area (Å²) in [5, 5.41) is 11.7. The minimum atomic E-state index is -1.02. The standard InChI is InChI=1S/C17H23NO3/c1-17(2,3)12-15(19)18-14(16(20)21)11-7-10-13-8-5-4-6-9-13/h4-10,14H,11-12H2,1-3H3,(H,18,19)(H,20,21)/b10-7+/t14-/m0/s1. The minimum absolute atomic E-state index is 0.160. The van der Waals surface area contributed by atoms with E-state index in [0.717, 1.165) is 5.56 Å². The van der Waals surface area contributed by atoms with Crippen molar-refractivity contribution in [3.63, 3.8) is 0 Å². The molecule has 0 aliphatic carbocycles. The number of hydrogen-bond donors (Lipinski definition) is 2. The largest absolute Gasteiger partial charge is 0.480 e. The summed E-state index contributed by atoms with van der Waals surface area (Å²) in [7, 11) is 0. The van der Waals surface area contributed by atoms with E-state index in [1.54, 1.807) is 6.08 Å². The molecule has 1 atom stereocenters. The Hall–Kier alpha value is -2.10. The number of carboxylic acids is 1. The molecule has 114 valence electrons. The second-order valence-electron chi connectivity index (χ2n) is 6.24. The highest BCUT2D eigenvalue weighted by Crippen LogP contribution is 2.18. The van der Waals surface area contributed by atoms with Crippen molar-refractivity contribution in [2.24, 2.45) is 5.41 Å². The smallest absolute Gasteiger partial charge is 0.326 e. The summed E-state index contributed by atoms with van der Waals surface area (Å²) in [6.07, 6.45) is 4.19. The molecule has 0 spiro atoms. The molecule has 4 nitrogen and oxygen atoms in total.